The number of nitrogens with zero attached hydrogens (tertiary/aromatic N) is 2. The molecule has 3 heterocycles. The molecule has 1 amide bonds. The third-order valence-electron chi connectivity index (χ3n) is 3.97. The number of rotatable bonds is 1. The predicted octanol–water partition coefficient (Wildman–Crippen LogP) is 0.980. The largest absolute Gasteiger partial charge is 0.338 e. The molecule has 0 aliphatic carbocycles. The topological polar surface area (TPSA) is 42.3 Å². The van der Waals surface area contributed by atoms with Crippen molar-refractivity contribution in [2.75, 3.05) is 13.1 Å². The molecule has 0 unspecified atom stereocenters. The number of hydrogen-bond acceptors (Lipinski definition) is 2. The van der Waals surface area contributed by atoms with Gasteiger partial charge in [0.1, 0.15) is 0 Å². The lowest BCUT2D eigenvalue weighted by atomic mass is 9.83. The van der Waals surface area contributed by atoms with E-state index < -0.39 is 0 Å². The van der Waals surface area contributed by atoms with E-state index in [1.54, 1.807) is 6.07 Å². The first-order chi connectivity index (χ1) is 8.69. The molecule has 4 heteroatoms. The zero-order chi connectivity index (χ0) is 12.7. The number of likely N-dealkylation sites (tertiary alicyclic amines) is 1. The lowest BCUT2D eigenvalue weighted by molar-refractivity contribution is -0.128. The lowest BCUT2D eigenvalue weighted by Crippen LogP contribution is -2.48. The molecule has 0 N–H and O–H groups in total. The zero-order valence-corrected chi connectivity index (χ0v) is 10.2. The van der Waals surface area contributed by atoms with Gasteiger partial charge in [-0.05, 0) is 24.5 Å². The fraction of sp³-hybridized carbons (Fsp3) is 0.429. The molecule has 1 aromatic rings. The van der Waals surface area contributed by atoms with Crippen LogP contribution < -0.4 is 5.56 Å². The van der Waals surface area contributed by atoms with Gasteiger partial charge in [-0.3, -0.25) is 9.59 Å². The lowest BCUT2D eigenvalue weighted by Gasteiger charge is -2.42. The second-order valence-corrected chi connectivity index (χ2v) is 5.15. The summed E-state index contributed by atoms with van der Waals surface area (Å²) >= 11 is 0. The van der Waals surface area contributed by atoms with Crippen molar-refractivity contribution >= 4 is 5.91 Å². The van der Waals surface area contributed by atoms with Crippen molar-refractivity contribution in [3.05, 3.63) is 46.9 Å². The molecule has 0 spiro atoms. The Labute approximate surface area is 106 Å². The van der Waals surface area contributed by atoms with Gasteiger partial charge in [-0.25, -0.2) is 0 Å². The van der Waals surface area contributed by atoms with Crippen molar-refractivity contribution in [1.82, 2.24) is 9.47 Å². The normalized spacial score (nSPS) is 25.4. The number of fused-ring (bicyclic) bond motifs is 4. The Balaban J connectivity index is 1.97. The average Bonchev–Trinajstić information content (AvgIpc) is 2.39. The molecule has 0 saturated carbocycles. The second-order valence-electron chi connectivity index (χ2n) is 5.15. The van der Waals surface area contributed by atoms with Crippen LogP contribution in [0.5, 0.6) is 0 Å². The number of hydrogen-bond donors (Lipinski definition) is 0. The van der Waals surface area contributed by atoms with Gasteiger partial charge in [-0.1, -0.05) is 12.6 Å². The Morgan fingerprint density at radius 3 is 2.94 bits per heavy atom. The van der Waals surface area contributed by atoms with Gasteiger partial charge in [0.05, 0.1) is 0 Å². The number of piperidine rings is 1. The Morgan fingerprint density at radius 2 is 2.17 bits per heavy atom. The molecule has 2 bridgehead atoms. The molecule has 4 nitrogen and oxygen atoms in total. The van der Waals surface area contributed by atoms with Gasteiger partial charge in [0.15, 0.2) is 0 Å². The highest BCUT2D eigenvalue weighted by Gasteiger charge is 2.35. The van der Waals surface area contributed by atoms with Crippen molar-refractivity contribution in [3.8, 4) is 0 Å². The van der Waals surface area contributed by atoms with Gasteiger partial charge in [0, 0.05) is 37.3 Å². The first kappa shape index (κ1) is 11.3. The van der Waals surface area contributed by atoms with Crippen LogP contribution in [0.3, 0.4) is 0 Å². The number of amides is 1. The first-order valence-electron chi connectivity index (χ1n) is 6.30. The number of carbonyl (C=O) groups is 1. The van der Waals surface area contributed by atoms with E-state index in [4.69, 9.17) is 0 Å². The summed E-state index contributed by atoms with van der Waals surface area (Å²) in [6.07, 6.45) is 2.45. The Hall–Kier alpha value is -1.84. The summed E-state index contributed by atoms with van der Waals surface area (Å²) in [5.74, 6) is 0.673. The van der Waals surface area contributed by atoms with E-state index in [0.717, 1.165) is 25.2 Å². The molecule has 1 fully saturated rings. The number of aromatic nitrogens is 1. The third-order valence-corrected chi connectivity index (χ3v) is 3.97. The molecular weight excluding hydrogens is 228 g/mol. The molecule has 1 aromatic heterocycles. The van der Waals surface area contributed by atoms with E-state index in [1.807, 2.05) is 21.6 Å². The highest BCUT2D eigenvalue weighted by molar-refractivity contribution is 5.87. The van der Waals surface area contributed by atoms with Crippen LogP contribution in [-0.4, -0.2) is 28.5 Å². The molecule has 3 rings (SSSR count). The van der Waals surface area contributed by atoms with Crippen LogP contribution in [0.4, 0.5) is 0 Å². The van der Waals surface area contributed by atoms with Crippen molar-refractivity contribution in [3.63, 3.8) is 0 Å². The van der Waals surface area contributed by atoms with Crippen molar-refractivity contribution < 1.29 is 4.79 Å². The highest BCUT2D eigenvalue weighted by Crippen LogP contribution is 2.34. The maximum Gasteiger partial charge on any atom is 0.250 e. The van der Waals surface area contributed by atoms with Crippen LogP contribution in [0.25, 0.3) is 0 Å². The molecule has 18 heavy (non-hydrogen) atoms. The Kier molecular flexibility index (Phi) is 2.58. The van der Waals surface area contributed by atoms with Crippen molar-refractivity contribution in [2.24, 2.45) is 5.92 Å². The molecule has 2 aliphatic heterocycles. The molecule has 1 saturated heterocycles. The van der Waals surface area contributed by atoms with Gasteiger partial charge in [0.25, 0.3) is 5.56 Å². The standard InChI is InChI=1S/C14H16N2O2/c1-2-13(17)15-7-10-6-11(9-15)12-4-3-5-14(18)16(12)8-10/h2-5,10-11H,1,6-9H2/t10-,11-/m0/s1. The SMILES string of the molecule is C=CC(=O)N1C[C@@H]2C[C@@H](C1)c1cccc(=O)n1C2. The molecule has 94 valence electrons. The van der Waals surface area contributed by atoms with Crippen LogP contribution in [0.1, 0.15) is 18.0 Å². The second kappa shape index (κ2) is 4.12. The summed E-state index contributed by atoms with van der Waals surface area (Å²) < 4.78 is 1.87. The van der Waals surface area contributed by atoms with E-state index in [9.17, 15) is 9.59 Å². The number of carbonyl (C=O) groups excluding carboxylic acids is 1. The van der Waals surface area contributed by atoms with Gasteiger partial charge in [-0.15, -0.1) is 0 Å². The third kappa shape index (κ3) is 1.68. The maximum absolute atomic E-state index is 11.8. The molecule has 0 radical (unpaired) electrons. The molecule has 2 atom stereocenters. The van der Waals surface area contributed by atoms with Crippen LogP contribution >= 0.6 is 0 Å². The predicted molar refractivity (Wildman–Crippen MR) is 68.3 cm³/mol. The van der Waals surface area contributed by atoms with Gasteiger partial charge < -0.3 is 9.47 Å². The summed E-state index contributed by atoms with van der Waals surface area (Å²) in [6.45, 7) is 5.71. The minimum atomic E-state index is -0.00331. The quantitative estimate of drug-likeness (QED) is 0.691. The van der Waals surface area contributed by atoms with Gasteiger partial charge in [0.2, 0.25) is 5.91 Å². The van der Waals surface area contributed by atoms with Crippen molar-refractivity contribution in [2.45, 2.75) is 18.9 Å². The monoisotopic (exact) mass is 244 g/mol. The van der Waals surface area contributed by atoms with E-state index in [1.165, 1.54) is 6.08 Å². The van der Waals surface area contributed by atoms with Crippen LogP contribution in [0, 0.1) is 5.92 Å². The minimum absolute atomic E-state index is 0.00331. The van der Waals surface area contributed by atoms with Gasteiger partial charge in [-0.2, -0.15) is 0 Å². The summed E-state index contributed by atoms with van der Waals surface area (Å²) in [7, 11) is 0. The summed E-state index contributed by atoms with van der Waals surface area (Å²) in [6, 6.07) is 5.42. The van der Waals surface area contributed by atoms with Gasteiger partial charge >= 0.3 is 0 Å². The van der Waals surface area contributed by atoms with Crippen LogP contribution in [-0.2, 0) is 11.3 Å². The Morgan fingerprint density at radius 1 is 1.33 bits per heavy atom. The van der Waals surface area contributed by atoms with Crippen LogP contribution in [0.15, 0.2) is 35.6 Å². The summed E-state index contributed by atoms with van der Waals surface area (Å²) in [5.41, 5.74) is 1.14. The van der Waals surface area contributed by atoms with E-state index in [-0.39, 0.29) is 17.4 Å². The van der Waals surface area contributed by atoms with Crippen LogP contribution in [0.2, 0.25) is 0 Å². The molecule has 2 aliphatic rings. The zero-order valence-electron chi connectivity index (χ0n) is 10.2. The number of pyridine rings is 1. The first-order valence-corrected chi connectivity index (χ1v) is 6.30. The van der Waals surface area contributed by atoms with E-state index in [0.29, 0.717) is 12.5 Å². The average molecular weight is 244 g/mol. The van der Waals surface area contributed by atoms with E-state index >= 15 is 0 Å². The maximum atomic E-state index is 11.8. The molecule has 0 aromatic carbocycles. The minimum Gasteiger partial charge on any atom is -0.338 e. The smallest absolute Gasteiger partial charge is 0.250 e. The molecular formula is C14H16N2O2. The fourth-order valence-corrected chi connectivity index (χ4v) is 3.21. The Bertz CT molecular complexity index is 561. The highest BCUT2D eigenvalue weighted by atomic mass is 16.2. The summed E-state index contributed by atoms with van der Waals surface area (Å²) in [5, 5.41) is 0. The fourth-order valence-electron chi connectivity index (χ4n) is 3.21. The van der Waals surface area contributed by atoms with E-state index in [2.05, 4.69) is 6.58 Å². The van der Waals surface area contributed by atoms with Crippen molar-refractivity contribution in [1.29, 1.82) is 0 Å². The summed E-state index contributed by atoms with van der Waals surface area (Å²) in [4.78, 5) is 25.4.